The summed E-state index contributed by atoms with van der Waals surface area (Å²) in [6.45, 7) is 4.25. The highest BCUT2D eigenvalue weighted by Crippen LogP contribution is 2.29. The van der Waals surface area contributed by atoms with Gasteiger partial charge in [0.1, 0.15) is 0 Å². The van der Waals surface area contributed by atoms with Gasteiger partial charge in [0, 0.05) is 18.5 Å². The molecule has 0 saturated carbocycles. The average Bonchev–Trinajstić information content (AvgIpc) is 3.33. The minimum absolute atomic E-state index is 0.0152. The van der Waals surface area contributed by atoms with Crippen molar-refractivity contribution in [1.82, 2.24) is 19.8 Å². The number of carbonyl (C=O) groups excluding carboxylic acids is 2. The molecule has 33 heavy (non-hydrogen) atoms. The highest BCUT2D eigenvalue weighted by Gasteiger charge is 2.28. The van der Waals surface area contributed by atoms with Crippen molar-refractivity contribution in [3.05, 3.63) is 74.9 Å². The van der Waals surface area contributed by atoms with Crippen LogP contribution in [0.1, 0.15) is 27.9 Å². The number of hydrogen-bond acceptors (Lipinski definition) is 5. The number of pyridine rings is 1. The lowest BCUT2D eigenvalue weighted by Gasteiger charge is -2.23. The van der Waals surface area contributed by atoms with Crippen LogP contribution in [0.5, 0.6) is 0 Å². The third-order valence-electron chi connectivity index (χ3n) is 6.45. The molecular weight excluding hydrogens is 420 g/mol. The van der Waals surface area contributed by atoms with Crippen LogP contribution in [0.25, 0.3) is 22.0 Å². The van der Waals surface area contributed by atoms with E-state index in [1.54, 1.807) is 16.5 Å². The van der Waals surface area contributed by atoms with Crippen molar-refractivity contribution >= 4 is 34.4 Å². The van der Waals surface area contributed by atoms with Gasteiger partial charge in [-0.3, -0.25) is 19.7 Å². The number of imide groups is 1. The molecular formula is C25H24N4O4. The van der Waals surface area contributed by atoms with Gasteiger partial charge in [0.05, 0.1) is 23.3 Å². The minimum atomic E-state index is -0.406. The molecule has 1 aliphatic carbocycles. The Morgan fingerprint density at radius 2 is 1.97 bits per heavy atom. The Morgan fingerprint density at radius 1 is 1.21 bits per heavy atom. The second-order valence-electron chi connectivity index (χ2n) is 8.74. The Kier molecular flexibility index (Phi) is 5.00. The summed E-state index contributed by atoms with van der Waals surface area (Å²) in [4.78, 5) is 41.5. The van der Waals surface area contributed by atoms with Crippen LogP contribution < -0.4 is 11.1 Å². The van der Waals surface area contributed by atoms with Crippen LogP contribution in [0.15, 0.2) is 45.6 Å². The standard InChI is InChI=1S/C25H24N4O4/c1-14-6-15(2)23-22(7-14)29(25(32)33-23)12-19-5-4-16-8-17-9-20(28(3)24(31)26-13-30)10-18(17)11-21(16)27-19/h4-8,11,13,20H,9-10,12H2,1-3H3,(H,26,30,31). The average molecular weight is 444 g/mol. The van der Waals surface area contributed by atoms with Gasteiger partial charge in [-0.25, -0.2) is 9.59 Å². The Morgan fingerprint density at radius 3 is 2.73 bits per heavy atom. The van der Waals surface area contributed by atoms with E-state index in [0.29, 0.717) is 25.0 Å². The second-order valence-corrected chi connectivity index (χ2v) is 8.74. The van der Waals surface area contributed by atoms with Gasteiger partial charge >= 0.3 is 11.8 Å². The predicted octanol–water partition coefficient (Wildman–Crippen LogP) is 3.07. The number of aromatic nitrogens is 2. The summed E-state index contributed by atoms with van der Waals surface area (Å²) in [5.74, 6) is -0.394. The van der Waals surface area contributed by atoms with E-state index in [9.17, 15) is 14.4 Å². The van der Waals surface area contributed by atoms with Crippen molar-refractivity contribution in [3.8, 4) is 0 Å². The van der Waals surface area contributed by atoms with Gasteiger partial charge in [0.25, 0.3) is 0 Å². The van der Waals surface area contributed by atoms with E-state index in [1.165, 1.54) is 5.56 Å². The van der Waals surface area contributed by atoms with Crippen molar-refractivity contribution in [1.29, 1.82) is 0 Å². The molecule has 1 unspecified atom stereocenters. The largest absolute Gasteiger partial charge is 0.420 e. The summed E-state index contributed by atoms with van der Waals surface area (Å²) in [6.07, 6.45) is 1.83. The lowest BCUT2D eigenvalue weighted by Crippen LogP contribution is -2.43. The molecule has 0 fully saturated rings. The molecule has 1 atom stereocenters. The number of fused-ring (bicyclic) bond motifs is 3. The minimum Gasteiger partial charge on any atom is -0.407 e. The number of benzene rings is 2. The zero-order chi connectivity index (χ0) is 23.3. The quantitative estimate of drug-likeness (QED) is 0.488. The summed E-state index contributed by atoms with van der Waals surface area (Å²) in [6, 6.07) is 11.6. The number of urea groups is 1. The molecule has 0 radical (unpaired) electrons. The molecule has 1 N–H and O–H groups in total. The van der Waals surface area contributed by atoms with Gasteiger partial charge < -0.3 is 9.32 Å². The number of carbonyl (C=O) groups is 2. The van der Waals surface area contributed by atoms with E-state index in [-0.39, 0.29) is 6.04 Å². The van der Waals surface area contributed by atoms with Crippen LogP contribution in [-0.2, 0) is 24.2 Å². The summed E-state index contributed by atoms with van der Waals surface area (Å²) in [5, 5.41) is 3.20. The summed E-state index contributed by atoms with van der Waals surface area (Å²) >= 11 is 0. The molecule has 4 aromatic rings. The highest BCUT2D eigenvalue weighted by atomic mass is 16.4. The Labute approximate surface area is 189 Å². The van der Waals surface area contributed by atoms with Crippen LogP contribution in [0.2, 0.25) is 0 Å². The van der Waals surface area contributed by atoms with Gasteiger partial charge in [-0.05, 0) is 73.2 Å². The van der Waals surface area contributed by atoms with Gasteiger partial charge in [-0.15, -0.1) is 0 Å². The molecule has 8 heteroatoms. The fraction of sp³-hybridized carbons (Fsp3) is 0.280. The molecule has 2 aromatic heterocycles. The summed E-state index contributed by atoms with van der Waals surface area (Å²) < 4.78 is 7.11. The van der Waals surface area contributed by atoms with Crippen LogP contribution in [0.3, 0.4) is 0 Å². The Hall–Kier alpha value is -3.94. The number of nitrogens with one attached hydrogen (secondary N) is 1. The Bertz CT molecular complexity index is 1480. The first-order chi connectivity index (χ1) is 15.8. The van der Waals surface area contributed by atoms with Crippen LogP contribution in [0, 0.1) is 13.8 Å². The maximum atomic E-state index is 12.5. The van der Waals surface area contributed by atoms with Crippen molar-refractivity contribution in [3.63, 3.8) is 0 Å². The first-order valence-corrected chi connectivity index (χ1v) is 10.8. The maximum absolute atomic E-state index is 12.5. The van der Waals surface area contributed by atoms with Crippen LogP contribution in [-0.4, -0.2) is 40.0 Å². The molecule has 8 nitrogen and oxygen atoms in total. The lowest BCUT2D eigenvalue weighted by atomic mass is 10.1. The second kappa shape index (κ2) is 7.88. The smallest absolute Gasteiger partial charge is 0.407 e. The van der Waals surface area contributed by atoms with E-state index >= 15 is 0 Å². The first kappa shape index (κ1) is 20.9. The van der Waals surface area contributed by atoms with Gasteiger partial charge in [-0.2, -0.15) is 0 Å². The molecule has 2 aromatic carbocycles. The van der Waals surface area contributed by atoms with E-state index in [0.717, 1.165) is 45.2 Å². The third kappa shape index (κ3) is 3.67. The lowest BCUT2D eigenvalue weighted by molar-refractivity contribution is -0.108. The topological polar surface area (TPSA) is 97.4 Å². The summed E-state index contributed by atoms with van der Waals surface area (Å²) in [5.41, 5.74) is 7.31. The van der Waals surface area contributed by atoms with E-state index < -0.39 is 11.8 Å². The molecule has 0 bridgehead atoms. The van der Waals surface area contributed by atoms with Gasteiger partial charge in [-0.1, -0.05) is 12.1 Å². The molecule has 1 aliphatic rings. The number of rotatable bonds is 4. The number of oxazole rings is 1. The van der Waals surface area contributed by atoms with Gasteiger partial charge in [0.2, 0.25) is 6.41 Å². The first-order valence-electron chi connectivity index (χ1n) is 10.8. The number of aryl methyl sites for hydroxylation is 2. The zero-order valence-corrected chi connectivity index (χ0v) is 18.7. The molecule has 0 saturated heterocycles. The molecule has 5 rings (SSSR count). The zero-order valence-electron chi connectivity index (χ0n) is 18.7. The maximum Gasteiger partial charge on any atom is 0.420 e. The Balaban J connectivity index is 1.46. The third-order valence-corrected chi connectivity index (χ3v) is 6.45. The van der Waals surface area contributed by atoms with Crippen LogP contribution in [0.4, 0.5) is 4.79 Å². The number of likely N-dealkylation sites (N-methyl/N-ethyl adjacent to an activating group) is 1. The number of amides is 3. The predicted molar refractivity (Wildman–Crippen MR) is 124 cm³/mol. The number of nitrogens with zero attached hydrogens (tertiary/aromatic N) is 3. The van der Waals surface area contributed by atoms with Crippen molar-refractivity contribution in [2.75, 3.05) is 7.05 Å². The van der Waals surface area contributed by atoms with Crippen molar-refractivity contribution in [2.24, 2.45) is 0 Å². The van der Waals surface area contributed by atoms with E-state index in [1.807, 2.05) is 38.1 Å². The van der Waals surface area contributed by atoms with Crippen molar-refractivity contribution in [2.45, 2.75) is 39.3 Å². The SMILES string of the molecule is Cc1cc(C)c2oc(=O)n(Cc3ccc4cc5c(cc4n3)CC(N(C)C(=O)NC=O)C5)c2c1. The number of hydrogen-bond donors (Lipinski definition) is 1. The fourth-order valence-corrected chi connectivity index (χ4v) is 4.76. The molecule has 0 spiro atoms. The molecule has 0 aliphatic heterocycles. The molecule has 2 heterocycles. The molecule has 3 amide bonds. The van der Waals surface area contributed by atoms with Crippen LogP contribution >= 0.6 is 0 Å². The highest BCUT2D eigenvalue weighted by molar-refractivity contribution is 5.85. The van der Waals surface area contributed by atoms with E-state index in [2.05, 4.69) is 17.4 Å². The normalized spacial score (nSPS) is 15.1. The van der Waals surface area contributed by atoms with Crippen molar-refractivity contribution < 1.29 is 14.0 Å². The molecule has 168 valence electrons. The fourth-order valence-electron chi connectivity index (χ4n) is 4.76. The summed E-state index contributed by atoms with van der Waals surface area (Å²) in [7, 11) is 1.70. The van der Waals surface area contributed by atoms with E-state index in [4.69, 9.17) is 9.40 Å². The monoisotopic (exact) mass is 444 g/mol. The van der Waals surface area contributed by atoms with Gasteiger partial charge in [0.15, 0.2) is 5.58 Å².